The van der Waals surface area contributed by atoms with Gasteiger partial charge in [-0.25, -0.2) is 8.78 Å². The fraction of sp³-hybridized carbons (Fsp3) is 0.471. The minimum Gasteiger partial charge on any atom is -0.460 e. The molecule has 1 aliphatic rings. The number of carbonyl (C=O) groups excluding carboxylic acids is 3. The third-order valence-corrected chi connectivity index (χ3v) is 3.65. The van der Waals surface area contributed by atoms with E-state index in [-0.39, 0.29) is 11.1 Å². The summed E-state index contributed by atoms with van der Waals surface area (Å²) in [5.41, 5.74) is 4.40. The van der Waals surface area contributed by atoms with E-state index in [1.165, 1.54) is 12.1 Å². The van der Waals surface area contributed by atoms with Crippen molar-refractivity contribution >= 4 is 17.8 Å². The summed E-state index contributed by atoms with van der Waals surface area (Å²) in [5.74, 6) is -4.49. The molecule has 2 N–H and O–H groups in total. The van der Waals surface area contributed by atoms with E-state index in [9.17, 15) is 23.2 Å². The van der Waals surface area contributed by atoms with Gasteiger partial charge < -0.3 is 10.5 Å². The summed E-state index contributed by atoms with van der Waals surface area (Å²) in [6.45, 7) is 3.85. The number of hydrogen-bond acceptors (Lipinski definition) is 5. The number of nitrogens with two attached hydrogens (primary N) is 1. The Hall–Kier alpha value is -2.35. The Morgan fingerprint density at radius 3 is 2.04 bits per heavy atom. The molecule has 3 unspecified atom stereocenters. The van der Waals surface area contributed by atoms with Crippen molar-refractivity contribution in [2.24, 2.45) is 11.7 Å². The van der Waals surface area contributed by atoms with Crippen LogP contribution in [0.25, 0.3) is 0 Å². The summed E-state index contributed by atoms with van der Waals surface area (Å²) >= 11 is 0. The Balaban J connectivity index is 2.17. The predicted octanol–water partition coefficient (Wildman–Crippen LogP) is 1.83. The lowest BCUT2D eigenvalue weighted by molar-refractivity contribution is -0.165. The lowest BCUT2D eigenvalue weighted by Crippen LogP contribution is -2.47. The van der Waals surface area contributed by atoms with Crippen molar-refractivity contribution in [3.8, 4) is 0 Å². The number of fused-ring (bicyclic) bond motifs is 1. The number of carbonyl (C=O) groups is 3. The number of imide groups is 1. The Morgan fingerprint density at radius 2 is 1.64 bits per heavy atom. The molecule has 0 saturated heterocycles. The number of ether oxygens (including phenoxy) is 1. The molecule has 0 spiro atoms. The molecule has 1 aromatic rings. The Morgan fingerprint density at radius 1 is 1.16 bits per heavy atom. The van der Waals surface area contributed by atoms with Crippen molar-refractivity contribution in [3.63, 3.8) is 0 Å². The summed E-state index contributed by atoms with van der Waals surface area (Å²) in [4.78, 5) is 37.1. The second kappa shape index (κ2) is 6.87. The molecule has 0 radical (unpaired) electrons. The number of alkyl halides is 2. The quantitative estimate of drug-likeness (QED) is 0.495. The summed E-state index contributed by atoms with van der Waals surface area (Å²) in [7, 11) is 0. The van der Waals surface area contributed by atoms with Gasteiger partial charge in [0, 0.05) is 0 Å². The van der Waals surface area contributed by atoms with Gasteiger partial charge in [0.2, 0.25) is 0 Å². The molecule has 136 valence electrons. The van der Waals surface area contributed by atoms with Gasteiger partial charge in [-0.3, -0.25) is 19.3 Å². The predicted molar refractivity (Wildman–Crippen MR) is 85.1 cm³/mol. The SMILES string of the molecule is CC(C)(C)OC(=O)C(C(N)F)C(F)CN1C(=O)c2ccccc2C1=O. The van der Waals surface area contributed by atoms with Crippen LogP contribution in [-0.2, 0) is 9.53 Å². The van der Waals surface area contributed by atoms with E-state index in [1.807, 2.05) is 0 Å². The van der Waals surface area contributed by atoms with Crippen LogP contribution in [0.3, 0.4) is 0 Å². The average Bonchev–Trinajstić information content (AvgIpc) is 2.71. The van der Waals surface area contributed by atoms with Crippen LogP contribution < -0.4 is 5.73 Å². The first-order valence-electron chi connectivity index (χ1n) is 7.74. The zero-order valence-corrected chi connectivity index (χ0v) is 14.2. The summed E-state index contributed by atoms with van der Waals surface area (Å²) in [6, 6.07) is 6.02. The Bertz CT molecular complexity index is 665. The van der Waals surface area contributed by atoms with E-state index in [4.69, 9.17) is 10.5 Å². The van der Waals surface area contributed by atoms with Crippen LogP contribution in [0.1, 0.15) is 41.5 Å². The maximum Gasteiger partial charge on any atom is 0.316 e. The fourth-order valence-electron chi connectivity index (χ4n) is 2.54. The van der Waals surface area contributed by atoms with Gasteiger partial charge in [0.1, 0.15) is 17.7 Å². The van der Waals surface area contributed by atoms with Crippen LogP contribution in [0.2, 0.25) is 0 Å². The van der Waals surface area contributed by atoms with Crippen molar-refractivity contribution in [2.75, 3.05) is 6.54 Å². The molecule has 1 aliphatic heterocycles. The first kappa shape index (κ1) is 19.0. The van der Waals surface area contributed by atoms with Crippen molar-refractivity contribution in [1.82, 2.24) is 4.90 Å². The molecule has 2 rings (SSSR count). The van der Waals surface area contributed by atoms with Gasteiger partial charge in [-0.05, 0) is 32.9 Å². The molecule has 3 atom stereocenters. The van der Waals surface area contributed by atoms with E-state index in [0.29, 0.717) is 4.90 Å². The molecule has 1 heterocycles. The van der Waals surface area contributed by atoms with Crippen LogP contribution in [0.5, 0.6) is 0 Å². The van der Waals surface area contributed by atoms with E-state index < -0.39 is 48.3 Å². The van der Waals surface area contributed by atoms with Gasteiger partial charge in [-0.15, -0.1) is 0 Å². The third kappa shape index (κ3) is 4.01. The minimum atomic E-state index is -2.33. The highest BCUT2D eigenvalue weighted by Crippen LogP contribution is 2.26. The molecule has 0 fully saturated rings. The number of amides is 2. The van der Waals surface area contributed by atoms with Gasteiger partial charge in [0.25, 0.3) is 11.8 Å². The zero-order chi connectivity index (χ0) is 18.9. The minimum absolute atomic E-state index is 0.137. The molecule has 1 aromatic carbocycles. The monoisotopic (exact) mass is 354 g/mol. The van der Waals surface area contributed by atoms with Gasteiger partial charge in [0.05, 0.1) is 17.7 Å². The second-order valence-corrected chi connectivity index (χ2v) is 6.79. The maximum absolute atomic E-state index is 14.6. The van der Waals surface area contributed by atoms with Crippen LogP contribution >= 0.6 is 0 Å². The highest BCUT2D eigenvalue weighted by atomic mass is 19.1. The van der Waals surface area contributed by atoms with Crippen molar-refractivity contribution in [1.29, 1.82) is 0 Å². The third-order valence-electron chi connectivity index (χ3n) is 3.65. The largest absolute Gasteiger partial charge is 0.460 e. The van der Waals surface area contributed by atoms with Crippen molar-refractivity contribution in [2.45, 2.75) is 38.8 Å². The standard InChI is InChI=1S/C17H20F2N2O4/c1-17(2,3)25-16(24)12(13(19)20)11(18)8-21-14(22)9-6-4-5-7-10(9)15(21)23/h4-7,11-13H,8,20H2,1-3H3. The second-order valence-electron chi connectivity index (χ2n) is 6.79. The van der Waals surface area contributed by atoms with Crippen LogP contribution in [0.4, 0.5) is 8.78 Å². The number of nitrogens with zero attached hydrogens (tertiary/aromatic N) is 1. The van der Waals surface area contributed by atoms with Gasteiger partial charge >= 0.3 is 5.97 Å². The zero-order valence-electron chi connectivity index (χ0n) is 14.2. The maximum atomic E-state index is 14.6. The summed E-state index contributed by atoms with van der Waals surface area (Å²) in [5, 5.41) is 0. The molecule has 0 aliphatic carbocycles. The van der Waals surface area contributed by atoms with Crippen LogP contribution in [0.15, 0.2) is 24.3 Å². The van der Waals surface area contributed by atoms with Crippen LogP contribution in [-0.4, -0.2) is 47.3 Å². The number of esters is 1. The number of rotatable bonds is 5. The number of hydrogen-bond donors (Lipinski definition) is 1. The fourth-order valence-corrected chi connectivity index (χ4v) is 2.54. The van der Waals surface area contributed by atoms with E-state index in [0.717, 1.165) is 0 Å². The molecule has 25 heavy (non-hydrogen) atoms. The van der Waals surface area contributed by atoms with Crippen molar-refractivity contribution < 1.29 is 27.9 Å². The molecular formula is C17H20F2N2O4. The lowest BCUT2D eigenvalue weighted by atomic mass is 10.0. The molecule has 0 bridgehead atoms. The van der Waals surface area contributed by atoms with Crippen molar-refractivity contribution in [3.05, 3.63) is 35.4 Å². The summed E-state index contributed by atoms with van der Waals surface area (Å²) < 4.78 is 33.2. The average molecular weight is 354 g/mol. The van der Waals surface area contributed by atoms with Gasteiger partial charge in [0.15, 0.2) is 6.30 Å². The Kier molecular flexibility index (Phi) is 5.22. The van der Waals surface area contributed by atoms with Gasteiger partial charge in [-0.2, -0.15) is 0 Å². The molecule has 8 heteroatoms. The summed E-state index contributed by atoms with van der Waals surface area (Å²) in [6.07, 6.45) is -4.53. The van der Waals surface area contributed by atoms with Gasteiger partial charge in [-0.1, -0.05) is 12.1 Å². The number of benzene rings is 1. The highest BCUT2D eigenvalue weighted by molar-refractivity contribution is 6.21. The molecule has 6 nitrogen and oxygen atoms in total. The van der Waals surface area contributed by atoms with Crippen LogP contribution in [0, 0.1) is 5.92 Å². The normalized spacial score (nSPS) is 17.9. The topological polar surface area (TPSA) is 89.7 Å². The molecular weight excluding hydrogens is 334 g/mol. The highest BCUT2D eigenvalue weighted by Gasteiger charge is 2.43. The molecule has 0 aromatic heterocycles. The number of halogens is 2. The first-order valence-corrected chi connectivity index (χ1v) is 7.74. The smallest absolute Gasteiger partial charge is 0.316 e. The molecule has 0 saturated carbocycles. The van der Waals surface area contributed by atoms with E-state index in [2.05, 4.69) is 0 Å². The molecule has 2 amide bonds. The lowest BCUT2D eigenvalue weighted by Gasteiger charge is -2.27. The Labute approximate surface area is 143 Å². The first-order chi connectivity index (χ1) is 11.5. The van der Waals surface area contributed by atoms with E-state index in [1.54, 1.807) is 32.9 Å². The van der Waals surface area contributed by atoms with E-state index >= 15 is 0 Å².